The first-order chi connectivity index (χ1) is 15.7. The topological polar surface area (TPSA) is 58.6 Å². The lowest BCUT2D eigenvalue weighted by Gasteiger charge is -2.33. The van der Waals surface area contributed by atoms with Crippen LogP contribution in [0.25, 0.3) is 0 Å². The molecule has 1 unspecified atom stereocenters. The van der Waals surface area contributed by atoms with Gasteiger partial charge in [-0.3, -0.25) is 9.59 Å². The summed E-state index contributed by atoms with van der Waals surface area (Å²) in [5.41, 5.74) is 0.778. The molecule has 32 heavy (non-hydrogen) atoms. The van der Waals surface area contributed by atoms with Gasteiger partial charge in [0.15, 0.2) is 0 Å². The van der Waals surface area contributed by atoms with E-state index < -0.39 is 6.04 Å². The molecule has 1 saturated carbocycles. The summed E-state index contributed by atoms with van der Waals surface area (Å²) in [6, 6.07) is 14.5. The zero-order valence-corrected chi connectivity index (χ0v) is 19.8. The Morgan fingerprint density at radius 1 is 1.03 bits per heavy atom. The summed E-state index contributed by atoms with van der Waals surface area (Å²) in [4.78, 5) is 30.7. The van der Waals surface area contributed by atoms with Crippen molar-refractivity contribution in [2.45, 2.75) is 50.7 Å². The average Bonchev–Trinajstić information content (AvgIpc) is 3.54. The van der Waals surface area contributed by atoms with Crippen molar-refractivity contribution in [2.75, 3.05) is 7.11 Å². The van der Waals surface area contributed by atoms with Gasteiger partial charge in [0.2, 0.25) is 5.91 Å². The summed E-state index contributed by atoms with van der Waals surface area (Å²) < 4.78 is 5.31. The highest BCUT2D eigenvalue weighted by molar-refractivity contribution is 7.12. The smallest absolute Gasteiger partial charge is 0.265 e. The summed E-state index contributed by atoms with van der Waals surface area (Å²) in [5, 5.41) is 7.13. The molecule has 0 aliphatic heterocycles. The molecule has 1 atom stereocenters. The second kappa shape index (κ2) is 10.8. The van der Waals surface area contributed by atoms with Gasteiger partial charge in [0.25, 0.3) is 5.91 Å². The van der Waals surface area contributed by atoms with Crippen LogP contribution in [-0.2, 0) is 11.3 Å². The Morgan fingerprint density at radius 2 is 1.75 bits per heavy atom. The number of rotatable bonds is 8. The summed E-state index contributed by atoms with van der Waals surface area (Å²) >= 11 is 2.99. The molecular formula is C25H28N2O3S2. The van der Waals surface area contributed by atoms with Crippen LogP contribution in [0.1, 0.15) is 58.3 Å². The fourth-order valence-corrected chi connectivity index (χ4v) is 5.56. The van der Waals surface area contributed by atoms with Crippen molar-refractivity contribution in [3.8, 4) is 5.75 Å². The first-order valence-electron chi connectivity index (χ1n) is 11.0. The minimum atomic E-state index is -0.723. The van der Waals surface area contributed by atoms with E-state index in [9.17, 15) is 9.59 Å². The first kappa shape index (κ1) is 22.6. The van der Waals surface area contributed by atoms with Gasteiger partial charge in [-0.15, -0.1) is 22.7 Å². The van der Waals surface area contributed by atoms with E-state index in [4.69, 9.17) is 4.74 Å². The summed E-state index contributed by atoms with van der Waals surface area (Å²) in [6.45, 7) is 0.378. The SMILES string of the molecule is COc1ccc(C(C(=O)NC2CCCCC2)N(Cc2cccs2)C(=O)c2cccs2)cc1. The van der Waals surface area contributed by atoms with Gasteiger partial charge < -0.3 is 15.0 Å². The van der Waals surface area contributed by atoms with E-state index in [1.165, 1.54) is 17.8 Å². The van der Waals surface area contributed by atoms with Crippen molar-refractivity contribution in [3.63, 3.8) is 0 Å². The first-order valence-corrected chi connectivity index (χ1v) is 12.7. The van der Waals surface area contributed by atoms with Gasteiger partial charge in [-0.2, -0.15) is 0 Å². The number of amides is 2. The molecule has 1 aromatic carbocycles. The van der Waals surface area contributed by atoms with E-state index >= 15 is 0 Å². The average molecular weight is 469 g/mol. The van der Waals surface area contributed by atoms with Crippen LogP contribution in [0.3, 0.4) is 0 Å². The van der Waals surface area contributed by atoms with Crippen LogP contribution in [0, 0.1) is 0 Å². The molecule has 2 heterocycles. The van der Waals surface area contributed by atoms with Gasteiger partial charge in [0.05, 0.1) is 18.5 Å². The molecule has 0 spiro atoms. The van der Waals surface area contributed by atoms with Crippen LogP contribution in [-0.4, -0.2) is 29.9 Å². The summed E-state index contributed by atoms with van der Waals surface area (Å²) in [6.07, 6.45) is 5.46. The number of hydrogen-bond acceptors (Lipinski definition) is 5. The third kappa shape index (κ3) is 5.40. The van der Waals surface area contributed by atoms with Crippen molar-refractivity contribution >= 4 is 34.5 Å². The lowest BCUT2D eigenvalue weighted by Crippen LogP contribution is -2.46. The monoisotopic (exact) mass is 468 g/mol. The van der Waals surface area contributed by atoms with Crippen LogP contribution in [0.5, 0.6) is 5.75 Å². The molecule has 2 aromatic heterocycles. The maximum Gasteiger partial charge on any atom is 0.265 e. The molecule has 4 rings (SSSR count). The van der Waals surface area contributed by atoms with Gasteiger partial charge >= 0.3 is 0 Å². The second-order valence-electron chi connectivity index (χ2n) is 8.01. The predicted octanol–water partition coefficient (Wildman–Crippen LogP) is 5.65. The van der Waals surface area contributed by atoms with E-state index in [1.807, 2.05) is 59.3 Å². The van der Waals surface area contributed by atoms with E-state index in [-0.39, 0.29) is 17.9 Å². The molecule has 0 saturated heterocycles. The van der Waals surface area contributed by atoms with Crippen LogP contribution in [0.4, 0.5) is 0 Å². The number of hydrogen-bond donors (Lipinski definition) is 1. The summed E-state index contributed by atoms with van der Waals surface area (Å²) in [7, 11) is 1.62. The second-order valence-corrected chi connectivity index (χ2v) is 9.99. The van der Waals surface area contributed by atoms with E-state index in [1.54, 1.807) is 23.3 Å². The number of ether oxygens (including phenoxy) is 1. The zero-order valence-electron chi connectivity index (χ0n) is 18.2. The molecule has 5 nitrogen and oxygen atoms in total. The molecule has 0 radical (unpaired) electrons. The van der Waals surface area contributed by atoms with Crippen LogP contribution in [0.15, 0.2) is 59.3 Å². The van der Waals surface area contributed by atoms with Crippen LogP contribution < -0.4 is 10.1 Å². The molecule has 168 valence electrons. The Hall–Kier alpha value is -2.64. The Kier molecular flexibility index (Phi) is 7.60. The molecule has 2 amide bonds. The highest BCUT2D eigenvalue weighted by Gasteiger charge is 2.34. The van der Waals surface area contributed by atoms with Crippen molar-refractivity contribution in [1.29, 1.82) is 0 Å². The third-order valence-electron chi connectivity index (χ3n) is 5.84. The highest BCUT2D eigenvalue weighted by Crippen LogP contribution is 2.30. The standard InChI is InChI=1S/C25H28N2O3S2/c1-30-20-13-11-18(12-14-20)23(24(28)26-19-7-3-2-4-8-19)27(17-21-9-5-15-31-21)25(29)22-10-6-16-32-22/h5-6,9-16,19,23H,2-4,7-8,17H2,1H3,(H,26,28). The van der Waals surface area contributed by atoms with Gasteiger partial charge in [0.1, 0.15) is 11.8 Å². The molecule has 0 bridgehead atoms. The largest absolute Gasteiger partial charge is 0.497 e. The minimum absolute atomic E-state index is 0.122. The van der Waals surface area contributed by atoms with Crippen molar-refractivity contribution < 1.29 is 14.3 Å². The molecular weight excluding hydrogens is 440 g/mol. The number of nitrogens with zero attached hydrogens (tertiary/aromatic N) is 1. The fraction of sp³-hybridized carbons (Fsp3) is 0.360. The van der Waals surface area contributed by atoms with E-state index in [2.05, 4.69) is 5.32 Å². The number of benzene rings is 1. The Morgan fingerprint density at radius 3 is 2.38 bits per heavy atom. The lowest BCUT2D eigenvalue weighted by atomic mass is 9.94. The van der Waals surface area contributed by atoms with Crippen LogP contribution in [0.2, 0.25) is 0 Å². The van der Waals surface area contributed by atoms with Crippen molar-refractivity contribution in [2.24, 2.45) is 0 Å². The lowest BCUT2D eigenvalue weighted by molar-refractivity contribution is -0.127. The summed E-state index contributed by atoms with van der Waals surface area (Å²) in [5.74, 6) is 0.464. The number of nitrogens with one attached hydrogen (secondary N) is 1. The predicted molar refractivity (Wildman–Crippen MR) is 129 cm³/mol. The number of thiophene rings is 2. The maximum atomic E-state index is 13.7. The van der Waals surface area contributed by atoms with Gasteiger partial charge in [0, 0.05) is 10.9 Å². The molecule has 7 heteroatoms. The fourth-order valence-electron chi connectivity index (χ4n) is 4.18. The normalized spacial score (nSPS) is 15.2. The Balaban J connectivity index is 1.70. The van der Waals surface area contributed by atoms with Crippen LogP contribution >= 0.6 is 22.7 Å². The van der Waals surface area contributed by atoms with Gasteiger partial charge in [-0.25, -0.2) is 0 Å². The molecule has 1 aliphatic rings. The van der Waals surface area contributed by atoms with Crippen molar-refractivity contribution in [3.05, 3.63) is 74.6 Å². The Bertz CT molecular complexity index is 995. The minimum Gasteiger partial charge on any atom is -0.497 e. The zero-order chi connectivity index (χ0) is 22.3. The highest BCUT2D eigenvalue weighted by atomic mass is 32.1. The molecule has 3 aromatic rings. The number of carbonyl (C=O) groups excluding carboxylic acids is 2. The third-order valence-corrected chi connectivity index (χ3v) is 7.56. The quantitative estimate of drug-likeness (QED) is 0.465. The van der Waals surface area contributed by atoms with Gasteiger partial charge in [-0.05, 0) is 53.4 Å². The van der Waals surface area contributed by atoms with Gasteiger partial charge in [-0.1, -0.05) is 43.5 Å². The van der Waals surface area contributed by atoms with E-state index in [0.29, 0.717) is 11.4 Å². The van der Waals surface area contributed by atoms with E-state index in [0.717, 1.165) is 41.9 Å². The Labute approximate surface area is 197 Å². The molecule has 1 N–H and O–H groups in total. The van der Waals surface area contributed by atoms with Crippen molar-refractivity contribution in [1.82, 2.24) is 10.2 Å². The molecule has 1 aliphatic carbocycles. The number of carbonyl (C=O) groups is 2. The number of methoxy groups -OCH3 is 1. The maximum absolute atomic E-state index is 13.7. The molecule has 1 fully saturated rings.